The lowest BCUT2D eigenvalue weighted by Crippen LogP contribution is -2.21. The molecular weight excluding hydrogens is 376 g/mol. The molecular formula is C20H22N4O5. The molecule has 9 heteroatoms. The second-order valence-corrected chi connectivity index (χ2v) is 5.99. The van der Waals surface area contributed by atoms with Gasteiger partial charge in [0.25, 0.3) is 11.8 Å². The number of carbonyl (C=O) groups excluding carboxylic acids is 2. The monoisotopic (exact) mass is 398 g/mol. The molecule has 0 spiro atoms. The highest BCUT2D eigenvalue weighted by molar-refractivity contribution is 6.06. The highest BCUT2D eigenvalue weighted by atomic mass is 16.5. The van der Waals surface area contributed by atoms with Crippen LogP contribution in [0.25, 0.3) is 0 Å². The van der Waals surface area contributed by atoms with E-state index in [0.717, 1.165) is 0 Å². The second-order valence-electron chi connectivity index (χ2n) is 5.99. The number of rotatable bonds is 8. The molecule has 0 aliphatic rings. The number of aromatic nitrogens is 2. The Morgan fingerprint density at radius 3 is 2.59 bits per heavy atom. The van der Waals surface area contributed by atoms with Crippen molar-refractivity contribution in [2.45, 2.75) is 20.1 Å². The number of ether oxygens (including phenoxy) is 2. The van der Waals surface area contributed by atoms with Gasteiger partial charge in [-0.1, -0.05) is 12.1 Å². The van der Waals surface area contributed by atoms with E-state index in [1.54, 1.807) is 42.3 Å². The van der Waals surface area contributed by atoms with Gasteiger partial charge in [-0.25, -0.2) is 0 Å². The van der Waals surface area contributed by atoms with Crippen molar-refractivity contribution in [2.75, 3.05) is 19.5 Å². The SMILES string of the molecule is CCn1cc(NC(=O)c2ccc(COc3ccccc3OC)o2)c(C(=O)NC)n1. The van der Waals surface area contributed by atoms with E-state index >= 15 is 0 Å². The summed E-state index contributed by atoms with van der Waals surface area (Å²) >= 11 is 0. The normalized spacial score (nSPS) is 10.4. The summed E-state index contributed by atoms with van der Waals surface area (Å²) in [4.78, 5) is 24.5. The molecule has 1 aromatic carbocycles. The average molecular weight is 398 g/mol. The van der Waals surface area contributed by atoms with Crippen molar-refractivity contribution in [3.63, 3.8) is 0 Å². The first-order valence-corrected chi connectivity index (χ1v) is 9.01. The van der Waals surface area contributed by atoms with E-state index < -0.39 is 11.8 Å². The first-order valence-electron chi connectivity index (χ1n) is 9.01. The van der Waals surface area contributed by atoms with Gasteiger partial charge >= 0.3 is 0 Å². The Kier molecular flexibility index (Phi) is 6.18. The van der Waals surface area contributed by atoms with Crippen molar-refractivity contribution in [1.82, 2.24) is 15.1 Å². The van der Waals surface area contributed by atoms with Crippen molar-refractivity contribution in [1.29, 1.82) is 0 Å². The lowest BCUT2D eigenvalue weighted by molar-refractivity contribution is 0.0958. The van der Waals surface area contributed by atoms with Crippen LogP contribution in [-0.2, 0) is 13.2 Å². The maximum atomic E-state index is 12.5. The number of hydrogen-bond acceptors (Lipinski definition) is 6. The van der Waals surface area contributed by atoms with Crippen LogP contribution in [0.3, 0.4) is 0 Å². The van der Waals surface area contributed by atoms with Crippen molar-refractivity contribution in [3.8, 4) is 11.5 Å². The van der Waals surface area contributed by atoms with Crippen molar-refractivity contribution in [3.05, 3.63) is 59.8 Å². The molecule has 3 aromatic rings. The molecule has 0 bridgehead atoms. The van der Waals surface area contributed by atoms with Gasteiger partial charge in [0.2, 0.25) is 0 Å². The molecule has 0 saturated heterocycles. The minimum absolute atomic E-state index is 0.0933. The van der Waals surface area contributed by atoms with Crippen LogP contribution in [0.5, 0.6) is 11.5 Å². The van der Waals surface area contributed by atoms with E-state index in [1.165, 1.54) is 7.05 Å². The Balaban J connectivity index is 1.68. The van der Waals surface area contributed by atoms with Crippen molar-refractivity contribution in [2.24, 2.45) is 0 Å². The van der Waals surface area contributed by atoms with Crippen LogP contribution >= 0.6 is 0 Å². The molecule has 29 heavy (non-hydrogen) atoms. The van der Waals surface area contributed by atoms with Crippen LogP contribution in [-0.4, -0.2) is 35.8 Å². The Morgan fingerprint density at radius 1 is 1.14 bits per heavy atom. The maximum absolute atomic E-state index is 12.5. The van der Waals surface area contributed by atoms with Gasteiger partial charge in [0.15, 0.2) is 23.0 Å². The molecule has 0 saturated carbocycles. The van der Waals surface area contributed by atoms with Gasteiger partial charge in [0.05, 0.1) is 12.8 Å². The van der Waals surface area contributed by atoms with Gasteiger partial charge in [-0.15, -0.1) is 0 Å². The summed E-state index contributed by atoms with van der Waals surface area (Å²) in [7, 11) is 3.06. The van der Waals surface area contributed by atoms with Gasteiger partial charge in [-0.2, -0.15) is 5.10 Å². The van der Waals surface area contributed by atoms with Crippen LogP contribution < -0.4 is 20.1 Å². The molecule has 0 radical (unpaired) electrons. The largest absolute Gasteiger partial charge is 0.493 e. The summed E-state index contributed by atoms with van der Waals surface area (Å²) in [5.74, 6) is 0.853. The number of anilines is 1. The van der Waals surface area contributed by atoms with E-state index in [9.17, 15) is 9.59 Å². The van der Waals surface area contributed by atoms with Gasteiger partial charge in [-0.05, 0) is 31.2 Å². The fourth-order valence-corrected chi connectivity index (χ4v) is 2.61. The zero-order chi connectivity index (χ0) is 20.8. The minimum Gasteiger partial charge on any atom is -0.493 e. The molecule has 2 N–H and O–H groups in total. The van der Waals surface area contributed by atoms with Crippen LogP contribution in [0.1, 0.15) is 33.7 Å². The van der Waals surface area contributed by atoms with Crippen molar-refractivity contribution < 1.29 is 23.5 Å². The van der Waals surface area contributed by atoms with Crippen LogP contribution in [0.2, 0.25) is 0 Å². The van der Waals surface area contributed by atoms with Crippen LogP contribution in [0.15, 0.2) is 47.0 Å². The first kappa shape index (κ1) is 20.0. The Hall–Kier alpha value is -3.75. The summed E-state index contributed by atoms with van der Waals surface area (Å²) in [6.45, 7) is 2.57. The number of carbonyl (C=O) groups is 2. The highest BCUT2D eigenvalue weighted by Gasteiger charge is 2.20. The maximum Gasteiger partial charge on any atom is 0.291 e. The third-order valence-corrected chi connectivity index (χ3v) is 4.10. The molecule has 152 valence electrons. The number of nitrogens with one attached hydrogen (secondary N) is 2. The number of nitrogens with zero attached hydrogens (tertiary/aromatic N) is 2. The van der Waals surface area contributed by atoms with E-state index in [2.05, 4.69) is 15.7 Å². The third-order valence-electron chi connectivity index (χ3n) is 4.10. The number of aryl methyl sites for hydroxylation is 1. The summed E-state index contributed by atoms with van der Waals surface area (Å²) in [5, 5.41) is 9.32. The van der Waals surface area contributed by atoms with Crippen molar-refractivity contribution >= 4 is 17.5 Å². The topological polar surface area (TPSA) is 108 Å². The summed E-state index contributed by atoms with van der Waals surface area (Å²) in [5.41, 5.74) is 0.438. The second kappa shape index (κ2) is 8.96. The molecule has 9 nitrogen and oxygen atoms in total. The van der Waals surface area contributed by atoms with Gasteiger partial charge in [-0.3, -0.25) is 14.3 Å². The quantitative estimate of drug-likeness (QED) is 0.604. The number of furan rings is 1. The number of amides is 2. The summed E-state index contributed by atoms with van der Waals surface area (Å²) in [6.07, 6.45) is 1.59. The number of para-hydroxylation sites is 2. The van der Waals surface area contributed by atoms with Crippen LogP contribution in [0.4, 0.5) is 5.69 Å². The van der Waals surface area contributed by atoms with Gasteiger partial charge in [0.1, 0.15) is 12.4 Å². The minimum atomic E-state index is -0.491. The average Bonchev–Trinajstić information content (AvgIpc) is 3.39. The fraction of sp³-hybridized carbons (Fsp3) is 0.250. The van der Waals surface area contributed by atoms with Gasteiger partial charge < -0.3 is 24.5 Å². The van der Waals surface area contributed by atoms with E-state index in [-0.39, 0.29) is 18.1 Å². The summed E-state index contributed by atoms with van der Waals surface area (Å²) in [6, 6.07) is 10.4. The smallest absolute Gasteiger partial charge is 0.291 e. The predicted molar refractivity (Wildman–Crippen MR) is 105 cm³/mol. The fourth-order valence-electron chi connectivity index (χ4n) is 2.61. The van der Waals surface area contributed by atoms with E-state index in [0.29, 0.717) is 29.5 Å². The molecule has 0 atom stereocenters. The Bertz CT molecular complexity index is 1010. The third kappa shape index (κ3) is 4.57. The van der Waals surface area contributed by atoms with Gasteiger partial charge in [0, 0.05) is 19.8 Å². The molecule has 3 rings (SSSR count). The molecule has 0 unspecified atom stereocenters. The van der Waals surface area contributed by atoms with E-state index in [1.807, 2.05) is 19.1 Å². The molecule has 0 aliphatic carbocycles. The zero-order valence-electron chi connectivity index (χ0n) is 16.4. The Morgan fingerprint density at radius 2 is 1.90 bits per heavy atom. The summed E-state index contributed by atoms with van der Waals surface area (Å²) < 4.78 is 18.1. The van der Waals surface area contributed by atoms with Crippen LogP contribution in [0, 0.1) is 0 Å². The standard InChI is InChI=1S/C20H22N4O5/c1-4-24-11-14(18(23-24)20(26)21-2)22-19(25)17-10-9-13(29-17)12-28-16-8-6-5-7-15(16)27-3/h5-11H,4,12H2,1-3H3,(H,21,26)(H,22,25). The van der Waals surface area contributed by atoms with E-state index in [4.69, 9.17) is 13.9 Å². The molecule has 0 aliphatic heterocycles. The number of benzene rings is 1. The number of hydrogen-bond donors (Lipinski definition) is 2. The predicted octanol–water partition coefficient (Wildman–Crippen LogP) is 2.70. The lowest BCUT2D eigenvalue weighted by Gasteiger charge is -2.08. The Labute approximate surface area is 167 Å². The number of methoxy groups -OCH3 is 1. The first-order chi connectivity index (χ1) is 14.0. The zero-order valence-corrected chi connectivity index (χ0v) is 16.4. The molecule has 2 amide bonds. The molecule has 0 fully saturated rings. The molecule has 2 heterocycles. The highest BCUT2D eigenvalue weighted by Crippen LogP contribution is 2.27. The molecule has 2 aromatic heterocycles. The lowest BCUT2D eigenvalue weighted by atomic mass is 10.3.